The zero-order chi connectivity index (χ0) is 26.3. The molecular weight excluding hydrogens is 469 g/mol. The number of halogens is 1. The van der Waals surface area contributed by atoms with Gasteiger partial charge in [0.15, 0.2) is 6.20 Å². The Kier molecular flexibility index (Phi) is 4.75. The standard InChI is InChI=1S/C35H29FNO/c1-20-16-17-37(5)30(18-20)31-21(2)10-12-24-25-13-15-29(36)32(34(25)38-33(24)31)22-11-14-28-26(19-22)23-8-6-7-9-27(23)35(28,3)4/h6-19H,1-5H3/q+1. The van der Waals surface area contributed by atoms with Crippen LogP contribution in [0, 0.1) is 19.7 Å². The van der Waals surface area contributed by atoms with E-state index in [1.54, 1.807) is 6.07 Å². The third-order valence-electron chi connectivity index (χ3n) is 8.40. The molecule has 2 heterocycles. The van der Waals surface area contributed by atoms with Crippen LogP contribution in [0.1, 0.15) is 36.1 Å². The molecule has 1 aliphatic carbocycles. The first-order valence-corrected chi connectivity index (χ1v) is 13.1. The lowest BCUT2D eigenvalue weighted by Crippen LogP contribution is -2.30. The van der Waals surface area contributed by atoms with Crippen LogP contribution in [0.25, 0.3) is 55.4 Å². The van der Waals surface area contributed by atoms with Crippen LogP contribution in [-0.4, -0.2) is 0 Å². The fourth-order valence-electron chi connectivity index (χ4n) is 6.36. The maximum Gasteiger partial charge on any atom is 0.216 e. The van der Waals surface area contributed by atoms with E-state index in [0.29, 0.717) is 11.1 Å². The zero-order valence-corrected chi connectivity index (χ0v) is 22.3. The predicted molar refractivity (Wildman–Crippen MR) is 153 cm³/mol. The summed E-state index contributed by atoms with van der Waals surface area (Å²) in [6.07, 6.45) is 2.07. The fourth-order valence-corrected chi connectivity index (χ4v) is 6.36. The van der Waals surface area contributed by atoms with Gasteiger partial charge in [0.25, 0.3) is 0 Å². The zero-order valence-electron chi connectivity index (χ0n) is 22.3. The SMILES string of the molecule is Cc1cc[n+](C)c(-c2c(C)ccc3c2oc2c(-c4ccc5c(c4)-c4ccccc4C5(C)C)c(F)ccc23)c1. The summed E-state index contributed by atoms with van der Waals surface area (Å²) < 4.78 is 24.5. The summed E-state index contributed by atoms with van der Waals surface area (Å²) in [4.78, 5) is 0. The van der Waals surface area contributed by atoms with Gasteiger partial charge in [0, 0.05) is 28.3 Å². The quantitative estimate of drug-likeness (QED) is 0.218. The number of aryl methyl sites for hydroxylation is 3. The fraction of sp³-hybridized carbons (Fsp3) is 0.171. The van der Waals surface area contributed by atoms with Gasteiger partial charge in [-0.2, -0.15) is 0 Å². The number of nitrogens with zero attached hydrogens (tertiary/aromatic N) is 1. The molecule has 0 N–H and O–H groups in total. The van der Waals surface area contributed by atoms with E-state index in [1.165, 1.54) is 27.8 Å². The molecule has 0 saturated heterocycles. The highest BCUT2D eigenvalue weighted by molar-refractivity contribution is 6.13. The highest BCUT2D eigenvalue weighted by Crippen LogP contribution is 2.50. The molecule has 38 heavy (non-hydrogen) atoms. The van der Waals surface area contributed by atoms with Gasteiger partial charge in [-0.1, -0.05) is 62.4 Å². The number of fused-ring (bicyclic) bond motifs is 6. The van der Waals surface area contributed by atoms with Crippen LogP contribution < -0.4 is 4.57 Å². The Morgan fingerprint density at radius 2 is 1.45 bits per heavy atom. The van der Waals surface area contributed by atoms with Gasteiger partial charge in [-0.05, 0) is 71.0 Å². The molecule has 0 atom stereocenters. The average molecular weight is 499 g/mol. The van der Waals surface area contributed by atoms with E-state index in [0.717, 1.165) is 38.7 Å². The lowest BCUT2D eigenvalue weighted by atomic mass is 9.82. The van der Waals surface area contributed by atoms with Crippen LogP contribution >= 0.6 is 0 Å². The molecule has 7 rings (SSSR count). The largest absolute Gasteiger partial charge is 0.454 e. The Morgan fingerprint density at radius 3 is 2.26 bits per heavy atom. The molecule has 0 amide bonds. The molecule has 0 unspecified atom stereocenters. The summed E-state index contributed by atoms with van der Waals surface area (Å²) in [5, 5.41) is 1.92. The van der Waals surface area contributed by atoms with E-state index in [2.05, 4.69) is 99.1 Å². The highest BCUT2D eigenvalue weighted by Gasteiger charge is 2.35. The minimum Gasteiger partial charge on any atom is -0.454 e. The van der Waals surface area contributed by atoms with Crippen LogP contribution in [0.2, 0.25) is 0 Å². The number of aromatic nitrogens is 1. The number of hydrogen-bond acceptors (Lipinski definition) is 1. The van der Waals surface area contributed by atoms with E-state index >= 15 is 4.39 Å². The van der Waals surface area contributed by atoms with Crippen LogP contribution in [0.5, 0.6) is 0 Å². The van der Waals surface area contributed by atoms with Gasteiger partial charge >= 0.3 is 0 Å². The third-order valence-corrected chi connectivity index (χ3v) is 8.40. The predicted octanol–water partition coefficient (Wildman–Crippen LogP) is 8.81. The first kappa shape index (κ1) is 22.9. The monoisotopic (exact) mass is 498 g/mol. The molecule has 2 aromatic heterocycles. The van der Waals surface area contributed by atoms with Crippen molar-refractivity contribution in [1.29, 1.82) is 0 Å². The van der Waals surface area contributed by atoms with E-state index in [9.17, 15) is 0 Å². The Balaban J connectivity index is 1.52. The van der Waals surface area contributed by atoms with Crippen molar-refractivity contribution in [2.45, 2.75) is 33.1 Å². The van der Waals surface area contributed by atoms with Crippen molar-refractivity contribution >= 4 is 21.9 Å². The summed E-state index contributed by atoms with van der Waals surface area (Å²) in [6.45, 7) is 8.71. The third kappa shape index (κ3) is 3.08. The molecule has 0 saturated carbocycles. The van der Waals surface area contributed by atoms with Crippen LogP contribution in [0.4, 0.5) is 4.39 Å². The maximum atomic E-state index is 15.7. The van der Waals surface area contributed by atoms with Crippen molar-refractivity contribution in [3.63, 3.8) is 0 Å². The lowest BCUT2D eigenvalue weighted by molar-refractivity contribution is -0.660. The Morgan fingerprint density at radius 1 is 0.737 bits per heavy atom. The van der Waals surface area contributed by atoms with Gasteiger partial charge < -0.3 is 4.42 Å². The van der Waals surface area contributed by atoms with Crippen molar-refractivity contribution < 1.29 is 13.4 Å². The molecule has 2 nitrogen and oxygen atoms in total. The normalized spacial score (nSPS) is 13.7. The summed E-state index contributed by atoms with van der Waals surface area (Å²) in [7, 11) is 2.05. The van der Waals surface area contributed by atoms with Gasteiger partial charge in [0.05, 0.1) is 11.1 Å². The number of rotatable bonds is 2. The molecular formula is C35H29FNO+. The van der Waals surface area contributed by atoms with Gasteiger partial charge in [-0.25, -0.2) is 8.96 Å². The molecule has 4 aromatic carbocycles. The maximum absolute atomic E-state index is 15.7. The van der Waals surface area contributed by atoms with Crippen LogP contribution in [0.15, 0.2) is 89.5 Å². The Bertz CT molecular complexity index is 1940. The van der Waals surface area contributed by atoms with Crippen molar-refractivity contribution in [3.8, 4) is 33.5 Å². The van der Waals surface area contributed by atoms with Gasteiger partial charge in [0.2, 0.25) is 5.69 Å². The smallest absolute Gasteiger partial charge is 0.216 e. The number of benzene rings is 4. The van der Waals surface area contributed by atoms with E-state index in [4.69, 9.17) is 4.42 Å². The molecule has 1 aliphatic rings. The molecule has 186 valence electrons. The molecule has 3 heteroatoms. The van der Waals surface area contributed by atoms with Gasteiger partial charge in [0.1, 0.15) is 24.0 Å². The van der Waals surface area contributed by atoms with Crippen LogP contribution in [0.3, 0.4) is 0 Å². The van der Waals surface area contributed by atoms with Crippen molar-refractivity contribution in [3.05, 3.63) is 113 Å². The van der Waals surface area contributed by atoms with E-state index in [1.807, 2.05) is 19.2 Å². The van der Waals surface area contributed by atoms with Crippen LogP contribution in [-0.2, 0) is 12.5 Å². The van der Waals surface area contributed by atoms with Gasteiger partial charge in [-0.15, -0.1) is 0 Å². The first-order chi connectivity index (χ1) is 18.3. The molecule has 0 aliphatic heterocycles. The number of pyridine rings is 1. The summed E-state index contributed by atoms with van der Waals surface area (Å²) in [6, 6.07) is 26.8. The summed E-state index contributed by atoms with van der Waals surface area (Å²) >= 11 is 0. The number of furan rings is 1. The molecule has 0 spiro atoms. The van der Waals surface area contributed by atoms with E-state index < -0.39 is 0 Å². The summed E-state index contributed by atoms with van der Waals surface area (Å²) in [5.41, 5.74) is 12.0. The molecule has 0 fully saturated rings. The second-order valence-electron chi connectivity index (χ2n) is 11.2. The first-order valence-electron chi connectivity index (χ1n) is 13.1. The topological polar surface area (TPSA) is 17.0 Å². The highest BCUT2D eigenvalue weighted by atomic mass is 19.1. The van der Waals surface area contributed by atoms with Gasteiger partial charge in [-0.3, -0.25) is 0 Å². The minimum absolute atomic E-state index is 0.0931. The molecule has 0 radical (unpaired) electrons. The molecule has 6 aromatic rings. The Hall–Kier alpha value is -4.24. The second kappa shape index (κ2) is 7.88. The summed E-state index contributed by atoms with van der Waals surface area (Å²) in [5.74, 6) is -0.276. The van der Waals surface area contributed by atoms with Crippen molar-refractivity contribution in [2.75, 3.05) is 0 Å². The van der Waals surface area contributed by atoms with E-state index in [-0.39, 0.29) is 11.2 Å². The van der Waals surface area contributed by atoms with Crippen molar-refractivity contribution in [2.24, 2.45) is 7.05 Å². The minimum atomic E-state index is -0.276. The average Bonchev–Trinajstić information content (AvgIpc) is 3.38. The molecule has 0 bridgehead atoms. The number of hydrogen-bond donors (Lipinski definition) is 0. The second-order valence-corrected chi connectivity index (χ2v) is 11.2. The lowest BCUT2D eigenvalue weighted by Gasteiger charge is -2.21. The van der Waals surface area contributed by atoms with Crippen molar-refractivity contribution in [1.82, 2.24) is 0 Å². The Labute approximate surface area is 222 Å².